The maximum atomic E-state index is 10.1. The van der Waals surface area contributed by atoms with Crippen molar-refractivity contribution in [3.8, 4) is 0 Å². The van der Waals surface area contributed by atoms with E-state index in [2.05, 4.69) is 0 Å². The summed E-state index contributed by atoms with van der Waals surface area (Å²) in [7, 11) is 0. The van der Waals surface area contributed by atoms with E-state index in [0.29, 0.717) is 25.9 Å². The third-order valence-electron chi connectivity index (χ3n) is 2.57. The summed E-state index contributed by atoms with van der Waals surface area (Å²) in [5.74, 6) is -1.87. The van der Waals surface area contributed by atoms with E-state index in [1.807, 2.05) is 0 Å². The van der Waals surface area contributed by atoms with Crippen molar-refractivity contribution < 1.29 is 19.8 Å². The minimum Gasteiger partial charge on any atom is -0.480 e. The highest BCUT2D eigenvalue weighted by Gasteiger charge is 2.09. The van der Waals surface area contributed by atoms with Crippen LogP contribution in [0.3, 0.4) is 0 Å². The van der Waals surface area contributed by atoms with Crippen LogP contribution in [0.15, 0.2) is 0 Å². The van der Waals surface area contributed by atoms with Gasteiger partial charge in [0.25, 0.3) is 0 Å². The van der Waals surface area contributed by atoms with Crippen molar-refractivity contribution >= 4 is 11.9 Å². The summed E-state index contributed by atoms with van der Waals surface area (Å²) >= 11 is 0. The zero-order valence-electron chi connectivity index (χ0n) is 11.8. The lowest BCUT2D eigenvalue weighted by molar-refractivity contribution is -0.139. The average molecular weight is 292 g/mol. The molecule has 0 rings (SSSR count). The molecule has 0 spiro atoms. The molecule has 0 fully saturated rings. The van der Waals surface area contributed by atoms with Crippen LogP contribution in [0.25, 0.3) is 0 Å². The third-order valence-corrected chi connectivity index (χ3v) is 2.57. The second-order valence-electron chi connectivity index (χ2n) is 4.46. The lowest BCUT2D eigenvalue weighted by Gasteiger charge is -2.03. The normalized spacial score (nSPS) is 13.0. The minimum absolute atomic E-state index is 0.520. The van der Waals surface area contributed by atoms with Gasteiger partial charge in [-0.3, -0.25) is 9.59 Å². The number of rotatable bonds is 10. The van der Waals surface area contributed by atoms with Crippen molar-refractivity contribution in [1.82, 2.24) is 0 Å². The van der Waals surface area contributed by atoms with E-state index < -0.39 is 24.0 Å². The molecular weight excluding hydrogens is 264 g/mol. The first-order chi connectivity index (χ1) is 9.36. The molecule has 0 amide bonds. The first-order valence-electron chi connectivity index (χ1n) is 6.73. The van der Waals surface area contributed by atoms with E-state index in [1.54, 1.807) is 0 Å². The van der Waals surface area contributed by atoms with Crippen molar-refractivity contribution in [3.63, 3.8) is 0 Å². The van der Waals surface area contributed by atoms with Crippen molar-refractivity contribution in [2.75, 3.05) is 13.1 Å². The van der Waals surface area contributed by atoms with Crippen LogP contribution in [-0.4, -0.2) is 47.3 Å². The lowest BCUT2D eigenvalue weighted by Crippen LogP contribution is -2.29. The van der Waals surface area contributed by atoms with Gasteiger partial charge in [-0.15, -0.1) is 0 Å². The smallest absolute Gasteiger partial charge is 0.320 e. The number of aliphatic carboxylic acids is 2. The topological polar surface area (TPSA) is 179 Å². The highest BCUT2D eigenvalue weighted by atomic mass is 16.4. The van der Waals surface area contributed by atoms with Gasteiger partial charge < -0.3 is 33.1 Å². The number of carbonyl (C=O) groups is 2. The molecule has 120 valence electrons. The van der Waals surface area contributed by atoms with Gasteiger partial charge in [0, 0.05) is 0 Å². The Bertz CT molecular complexity index is 238. The van der Waals surface area contributed by atoms with Gasteiger partial charge in [0.05, 0.1) is 0 Å². The molecule has 0 aliphatic carbocycles. The van der Waals surface area contributed by atoms with Crippen LogP contribution in [0.4, 0.5) is 0 Å². The molecule has 0 aromatic heterocycles. The minimum atomic E-state index is -0.933. The van der Waals surface area contributed by atoms with Crippen LogP contribution < -0.4 is 22.9 Å². The number of carboxylic acids is 2. The van der Waals surface area contributed by atoms with Gasteiger partial charge in [0.1, 0.15) is 12.1 Å². The molecule has 0 aromatic carbocycles. The SMILES string of the molecule is NCCCC[C@@H](N)C(=O)O.NCCCC[C@@H](N)C(=O)O. The predicted octanol–water partition coefficient (Wildman–Crippen LogP) is -0.945. The fourth-order valence-corrected chi connectivity index (χ4v) is 1.26. The lowest BCUT2D eigenvalue weighted by atomic mass is 10.1. The van der Waals surface area contributed by atoms with Crippen molar-refractivity contribution in [1.29, 1.82) is 0 Å². The van der Waals surface area contributed by atoms with E-state index >= 15 is 0 Å². The Morgan fingerprint density at radius 3 is 1.25 bits per heavy atom. The van der Waals surface area contributed by atoms with Crippen molar-refractivity contribution in [2.45, 2.75) is 50.6 Å². The second kappa shape index (κ2) is 14.2. The van der Waals surface area contributed by atoms with Gasteiger partial charge in [-0.25, -0.2) is 0 Å². The summed E-state index contributed by atoms with van der Waals surface area (Å²) in [6, 6.07) is -1.43. The molecule has 0 aliphatic heterocycles. The van der Waals surface area contributed by atoms with Crippen molar-refractivity contribution in [2.24, 2.45) is 22.9 Å². The van der Waals surface area contributed by atoms with E-state index in [4.69, 9.17) is 33.1 Å². The molecule has 0 aromatic rings. The Morgan fingerprint density at radius 2 is 1.05 bits per heavy atom. The summed E-state index contributed by atoms with van der Waals surface area (Å²) < 4.78 is 0. The van der Waals surface area contributed by atoms with Gasteiger partial charge in [-0.05, 0) is 38.8 Å². The third kappa shape index (κ3) is 14.8. The number of hydrogen-bond acceptors (Lipinski definition) is 6. The maximum Gasteiger partial charge on any atom is 0.320 e. The van der Waals surface area contributed by atoms with Crippen LogP contribution >= 0.6 is 0 Å². The predicted molar refractivity (Wildman–Crippen MR) is 77.0 cm³/mol. The molecular formula is C12H28N4O4. The summed E-state index contributed by atoms with van der Waals surface area (Å²) in [5, 5.41) is 16.7. The Kier molecular flexibility index (Phi) is 15.0. The summed E-state index contributed by atoms with van der Waals surface area (Å²) in [6.45, 7) is 1.21. The maximum absolute atomic E-state index is 10.1. The molecule has 0 aliphatic rings. The molecule has 0 radical (unpaired) electrons. The fraction of sp³-hybridized carbons (Fsp3) is 0.833. The standard InChI is InChI=1S/2C6H14N2O2/c2*7-4-2-1-3-5(8)6(9)10/h2*5H,1-4,7-8H2,(H,9,10)/t2*5-/m11/s1. The quantitative estimate of drug-likeness (QED) is 0.279. The van der Waals surface area contributed by atoms with Crippen LogP contribution in [0.1, 0.15) is 38.5 Å². The Hall–Kier alpha value is -1.22. The number of nitrogens with two attached hydrogens (primary N) is 4. The van der Waals surface area contributed by atoms with Gasteiger partial charge in [-0.2, -0.15) is 0 Å². The fourth-order valence-electron chi connectivity index (χ4n) is 1.26. The highest BCUT2D eigenvalue weighted by molar-refractivity contribution is 5.73. The Balaban J connectivity index is 0. The summed E-state index contributed by atoms with van der Waals surface area (Å²) in [4.78, 5) is 20.3. The molecule has 8 heteroatoms. The first kappa shape index (κ1) is 21.1. The van der Waals surface area contributed by atoms with E-state index in [-0.39, 0.29) is 0 Å². The van der Waals surface area contributed by atoms with Crippen LogP contribution in [0.2, 0.25) is 0 Å². The molecule has 2 atom stereocenters. The van der Waals surface area contributed by atoms with E-state index in [1.165, 1.54) is 0 Å². The Morgan fingerprint density at radius 1 is 0.750 bits per heavy atom. The monoisotopic (exact) mass is 292 g/mol. The second-order valence-corrected chi connectivity index (χ2v) is 4.46. The zero-order chi connectivity index (χ0) is 16.0. The first-order valence-corrected chi connectivity index (χ1v) is 6.73. The van der Waals surface area contributed by atoms with Gasteiger partial charge in [-0.1, -0.05) is 12.8 Å². The molecule has 20 heavy (non-hydrogen) atoms. The van der Waals surface area contributed by atoms with Gasteiger partial charge in [0.2, 0.25) is 0 Å². The van der Waals surface area contributed by atoms with E-state index in [0.717, 1.165) is 25.7 Å². The van der Waals surface area contributed by atoms with Crippen LogP contribution in [0, 0.1) is 0 Å². The zero-order valence-corrected chi connectivity index (χ0v) is 11.8. The van der Waals surface area contributed by atoms with Gasteiger partial charge in [0.15, 0.2) is 0 Å². The Labute approximate surface area is 119 Å². The van der Waals surface area contributed by atoms with Crippen LogP contribution in [0.5, 0.6) is 0 Å². The van der Waals surface area contributed by atoms with Gasteiger partial charge >= 0.3 is 11.9 Å². The molecule has 10 N–H and O–H groups in total. The largest absolute Gasteiger partial charge is 0.480 e. The molecule has 0 heterocycles. The average Bonchev–Trinajstić information content (AvgIpc) is 2.39. The number of unbranched alkanes of at least 4 members (excludes halogenated alkanes) is 2. The van der Waals surface area contributed by atoms with Crippen molar-refractivity contribution in [3.05, 3.63) is 0 Å². The number of carboxylic acid groups (broad SMARTS) is 2. The molecule has 0 bridgehead atoms. The molecule has 0 unspecified atom stereocenters. The summed E-state index contributed by atoms with van der Waals surface area (Å²) in [6.07, 6.45) is 4.33. The molecule has 0 saturated heterocycles. The molecule has 0 saturated carbocycles. The summed E-state index contributed by atoms with van der Waals surface area (Å²) in [5.41, 5.74) is 20.8. The number of hydrogen-bond donors (Lipinski definition) is 6. The highest BCUT2D eigenvalue weighted by Crippen LogP contribution is 1.97. The molecule has 8 nitrogen and oxygen atoms in total. The van der Waals surface area contributed by atoms with Crippen LogP contribution in [-0.2, 0) is 9.59 Å². The van der Waals surface area contributed by atoms with E-state index in [9.17, 15) is 9.59 Å².